The van der Waals surface area contributed by atoms with Crippen molar-refractivity contribution in [3.63, 3.8) is 0 Å². The summed E-state index contributed by atoms with van der Waals surface area (Å²) in [6, 6.07) is 0. The molecule has 73 heavy (non-hydrogen) atoms. The highest BCUT2D eigenvalue weighted by molar-refractivity contribution is 5.71. The van der Waals surface area contributed by atoms with Gasteiger partial charge < -0.3 is 14.2 Å². The highest BCUT2D eigenvalue weighted by atomic mass is 16.6. The summed E-state index contributed by atoms with van der Waals surface area (Å²) in [6.07, 6.45) is 75.8. The Labute approximate surface area is 455 Å². The van der Waals surface area contributed by atoms with Crippen LogP contribution in [0.4, 0.5) is 0 Å². The van der Waals surface area contributed by atoms with Crippen LogP contribution in [0.5, 0.6) is 0 Å². The van der Waals surface area contributed by atoms with Gasteiger partial charge in [-0.25, -0.2) is 0 Å². The topological polar surface area (TPSA) is 78.9 Å². The quantitative estimate of drug-likeness (QED) is 0.0261. The van der Waals surface area contributed by atoms with Crippen LogP contribution in [0.3, 0.4) is 0 Å². The predicted molar refractivity (Wildman–Crippen MR) is 316 cm³/mol. The molecule has 0 unspecified atom stereocenters. The lowest BCUT2D eigenvalue weighted by atomic mass is 10.0. The van der Waals surface area contributed by atoms with Gasteiger partial charge in [0.1, 0.15) is 13.2 Å². The maximum Gasteiger partial charge on any atom is 0.306 e. The Bertz CT molecular complexity index is 1220. The van der Waals surface area contributed by atoms with E-state index in [1.54, 1.807) is 0 Å². The lowest BCUT2D eigenvalue weighted by Gasteiger charge is -2.18. The van der Waals surface area contributed by atoms with E-state index < -0.39 is 6.10 Å². The third-order valence-corrected chi connectivity index (χ3v) is 14.6. The van der Waals surface area contributed by atoms with Crippen LogP contribution in [0.1, 0.15) is 355 Å². The molecule has 0 aromatic rings. The summed E-state index contributed by atoms with van der Waals surface area (Å²) in [4.78, 5) is 38.3. The second-order valence-electron chi connectivity index (χ2n) is 22.0. The Hall–Kier alpha value is -2.37. The summed E-state index contributed by atoms with van der Waals surface area (Å²) in [5.74, 6) is -0.866. The van der Waals surface area contributed by atoms with Gasteiger partial charge in [-0.2, -0.15) is 0 Å². The fraction of sp³-hybridized carbons (Fsp3) is 0.866. The molecule has 6 heteroatoms. The van der Waals surface area contributed by atoms with E-state index in [1.807, 2.05) is 0 Å². The van der Waals surface area contributed by atoms with Gasteiger partial charge in [-0.1, -0.05) is 295 Å². The van der Waals surface area contributed by atoms with E-state index in [1.165, 1.54) is 231 Å². The van der Waals surface area contributed by atoms with Crippen LogP contribution in [-0.4, -0.2) is 37.2 Å². The van der Waals surface area contributed by atoms with Crippen molar-refractivity contribution in [1.29, 1.82) is 0 Å². The van der Waals surface area contributed by atoms with Gasteiger partial charge in [-0.05, 0) is 77.0 Å². The Balaban J connectivity index is 4.30. The molecular weight excluding hydrogens is 901 g/mol. The first-order valence-electron chi connectivity index (χ1n) is 32.5. The van der Waals surface area contributed by atoms with E-state index in [0.717, 1.165) is 83.5 Å². The first kappa shape index (κ1) is 70.6. The summed E-state index contributed by atoms with van der Waals surface area (Å²) < 4.78 is 16.9. The van der Waals surface area contributed by atoms with Crippen LogP contribution in [0.15, 0.2) is 36.5 Å². The van der Waals surface area contributed by atoms with Crippen LogP contribution in [0.25, 0.3) is 0 Å². The molecule has 0 radical (unpaired) electrons. The van der Waals surface area contributed by atoms with Crippen LogP contribution < -0.4 is 0 Å². The van der Waals surface area contributed by atoms with Gasteiger partial charge in [-0.15, -0.1) is 0 Å². The average Bonchev–Trinajstić information content (AvgIpc) is 3.39. The number of carbonyl (C=O) groups is 3. The van der Waals surface area contributed by atoms with Crippen molar-refractivity contribution in [3.05, 3.63) is 36.5 Å². The van der Waals surface area contributed by atoms with Gasteiger partial charge in [-0.3, -0.25) is 14.4 Å². The summed E-state index contributed by atoms with van der Waals surface area (Å²) in [6.45, 7) is 6.66. The van der Waals surface area contributed by atoms with Crippen LogP contribution in [-0.2, 0) is 28.6 Å². The molecule has 1 atom stereocenters. The zero-order valence-electron chi connectivity index (χ0n) is 49.2. The fourth-order valence-corrected chi connectivity index (χ4v) is 9.71. The number of hydrogen-bond acceptors (Lipinski definition) is 6. The van der Waals surface area contributed by atoms with E-state index in [0.29, 0.717) is 19.3 Å². The minimum absolute atomic E-state index is 0.0742. The van der Waals surface area contributed by atoms with Crippen molar-refractivity contribution in [2.24, 2.45) is 0 Å². The summed E-state index contributed by atoms with van der Waals surface area (Å²) in [5.41, 5.74) is 0. The number of unbranched alkanes of at least 4 members (excludes halogenated alkanes) is 43. The third-order valence-electron chi connectivity index (χ3n) is 14.6. The lowest BCUT2D eigenvalue weighted by molar-refractivity contribution is -0.167. The Morgan fingerprint density at radius 3 is 0.795 bits per heavy atom. The smallest absolute Gasteiger partial charge is 0.306 e. The lowest BCUT2D eigenvalue weighted by Crippen LogP contribution is -2.30. The number of allylic oxidation sites excluding steroid dienone is 6. The van der Waals surface area contributed by atoms with Gasteiger partial charge in [0.2, 0.25) is 0 Å². The summed E-state index contributed by atoms with van der Waals surface area (Å²) in [7, 11) is 0. The molecule has 6 nitrogen and oxygen atoms in total. The number of carbonyl (C=O) groups excluding carboxylic acids is 3. The van der Waals surface area contributed by atoms with E-state index >= 15 is 0 Å². The van der Waals surface area contributed by atoms with Crippen molar-refractivity contribution in [2.75, 3.05) is 13.2 Å². The SMILES string of the molecule is CCCCC/C=C\C/C=C\CCCCCCCC(=O)O[C@H](COC(=O)CCCCCCCCCCC/C=C\CCCCCCCC)COC(=O)CCCCCCCCCCCCCCCCCCCCCCC. The molecule has 0 saturated carbocycles. The molecule has 0 spiro atoms. The second kappa shape index (κ2) is 62.2. The van der Waals surface area contributed by atoms with Gasteiger partial charge in [0.15, 0.2) is 6.10 Å². The van der Waals surface area contributed by atoms with Crippen molar-refractivity contribution in [2.45, 2.75) is 361 Å². The normalized spacial score (nSPS) is 12.2. The number of rotatable bonds is 60. The van der Waals surface area contributed by atoms with Crippen LogP contribution in [0, 0.1) is 0 Å². The standard InChI is InChI=1S/C67H124O6/c1-4-7-10-13-16-19-22-25-28-30-32-33-35-37-40-42-45-48-51-54-57-60-66(69)72-63-64(73-67(70)61-58-55-52-49-46-43-38-27-24-21-18-15-12-9-6-3)62-71-65(68)59-56-53-50-47-44-41-39-36-34-31-29-26-23-20-17-14-11-8-5-2/h18,21,26-27,29,38,64H,4-17,19-20,22-25,28,30-37,39-63H2,1-3H3/b21-18-,29-26-,38-27-/t64-/m1/s1. The zero-order valence-corrected chi connectivity index (χ0v) is 49.2. The Morgan fingerprint density at radius 1 is 0.274 bits per heavy atom. The third kappa shape index (κ3) is 60.4. The predicted octanol–water partition coefficient (Wildman–Crippen LogP) is 22.0. The molecular formula is C67H124O6. The molecule has 0 N–H and O–H groups in total. The summed E-state index contributed by atoms with van der Waals surface area (Å²) >= 11 is 0. The maximum atomic E-state index is 12.9. The molecule has 0 amide bonds. The highest BCUT2D eigenvalue weighted by Crippen LogP contribution is 2.18. The molecule has 0 fully saturated rings. The van der Waals surface area contributed by atoms with Gasteiger partial charge in [0.05, 0.1) is 0 Å². The fourth-order valence-electron chi connectivity index (χ4n) is 9.71. The summed E-state index contributed by atoms with van der Waals surface area (Å²) in [5, 5.41) is 0. The molecule has 428 valence electrons. The van der Waals surface area contributed by atoms with Crippen LogP contribution in [0.2, 0.25) is 0 Å². The highest BCUT2D eigenvalue weighted by Gasteiger charge is 2.19. The molecule has 0 aliphatic rings. The van der Waals surface area contributed by atoms with Crippen molar-refractivity contribution >= 4 is 17.9 Å². The second-order valence-corrected chi connectivity index (χ2v) is 22.0. The number of ether oxygens (including phenoxy) is 3. The van der Waals surface area contributed by atoms with Gasteiger partial charge in [0.25, 0.3) is 0 Å². The zero-order chi connectivity index (χ0) is 52.9. The minimum atomic E-state index is -0.779. The van der Waals surface area contributed by atoms with Crippen molar-refractivity contribution in [1.82, 2.24) is 0 Å². The largest absolute Gasteiger partial charge is 0.462 e. The first-order chi connectivity index (χ1) is 36.0. The molecule has 0 bridgehead atoms. The molecule has 0 saturated heterocycles. The van der Waals surface area contributed by atoms with Crippen molar-refractivity contribution in [3.8, 4) is 0 Å². The number of hydrogen-bond donors (Lipinski definition) is 0. The number of esters is 3. The van der Waals surface area contributed by atoms with E-state index in [-0.39, 0.29) is 31.1 Å². The molecule has 0 heterocycles. The molecule has 0 aromatic carbocycles. The molecule has 0 rings (SSSR count). The molecule has 0 aromatic heterocycles. The first-order valence-corrected chi connectivity index (χ1v) is 32.5. The average molecular weight is 1030 g/mol. The molecule has 0 aliphatic carbocycles. The Kier molecular flexibility index (Phi) is 60.2. The Morgan fingerprint density at radius 2 is 0.493 bits per heavy atom. The molecule has 0 aliphatic heterocycles. The van der Waals surface area contributed by atoms with Gasteiger partial charge in [0, 0.05) is 19.3 Å². The van der Waals surface area contributed by atoms with E-state index in [4.69, 9.17) is 14.2 Å². The van der Waals surface area contributed by atoms with Gasteiger partial charge >= 0.3 is 17.9 Å². The monoisotopic (exact) mass is 1020 g/mol. The van der Waals surface area contributed by atoms with E-state index in [9.17, 15) is 14.4 Å². The minimum Gasteiger partial charge on any atom is -0.462 e. The van der Waals surface area contributed by atoms with Crippen LogP contribution >= 0.6 is 0 Å². The van der Waals surface area contributed by atoms with Crippen molar-refractivity contribution < 1.29 is 28.6 Å². The van der Waals surface area contributed by atoms with E-state index in [2.05, 4.69) is 57.2 Å². The maximum absolute atomic E-state index is 12.9.